The molecular formula is C22H44. The lowest BCUT2D eigenvalue weighted by Crippen LogP contribution is -1.86. The second-order valence-corrected chi connectivity index (χ2v) is 7.47. The third-order valence-corrected chi connectivity index (χ3v) is 4.54. The first kappa shape index (κ1) is 21.7. The zero-order valence-electron chi connectivity index (χ0n) is 16.0. The normalized spacial score (nSPS) is 11.8. The third-order valence-electron chi connectivity index (χ3n) is 4.54. The number of hydrogen-bond donors (Lipinski definition) is 0. The Kier molecular flexibility index (Phi) is 18.6. The van der Waals surface area contributed by atoms with Crippen molar-refractivity contribution in [3.63, 3.8) is 0 Å². The molecule has 0 heteroatoms. The van der Waals surface area contributed by atoms with Gasteiger partial charge in [0.2, 0.25) is 0 Å². The average molecular weight is 309 g/mol. The van der Waals surface area contributed by atoms with Crippen molar-refractivity contribution in [2.45, 2.75) is 124 Å². The first-order chi connectivity index (χ1) is 10.8. The summed E-state index contributed by atoms with van der Waals surface area (Å²) in [6.45, 7) is 6.94. The van der Waals surface area contributed by atoms with Crippen molar-refractivity contribution in [1.82, 2.24) is 0 Å². The first-order valence-electron chi connectivity index (χ1n) is 10.4. The van der Waals surface area contributed by atoms with Crippen LogP contribution in [0.4, 0.5) is 0 Å². The van der Waals surface area contributed by atoms with Crippen LogP contribution in [0.25, 0.3) is 0 Å². The van der Waals surface area contributed by atoms with Crippen LogP contribution in [0.1, 0.15) is 124 Å². The highest BCUT2D eigenvalue weighted by molar-refractivity contribution is 4.81. The highest BCUT2D eigenvalue weighted by Crippen LogP contribution is 2.12. The molecule has 132 valence electrons. The van der Waals surface area contributed by atoms with Crippen molar-refractivity contribution in [3.05, 3.63) is 12.2 Å². The van der Waals surface area contributed by atoms with Crippen LogP contribution < -0.4 is 0 Å². The summed E-state index contributed by atoms with van der Waals surface area (Å²) in [5.41, 5.74) is 0. The van der Waals surface area contributed by atoms with Gasteiger partial charge in [-0.1, -0.05) is 110 Å². The molecule has 0 amide bonds. The van der Waals surface area contributed by atoms with E-state index in [1.165, 1.54) is 103 Å². The van der Waals surface area contributed by atoms with Gasteiger partial charge in [0.1, 0.15) is 0 Å². The quantitative estimate of drug-likeness (QED) is 0.187. The molecule has 0 atom stereocenters. The molecule has 0 rings (SSSR count). The molecule has 0 unspecified atom stereocenters. The zero-order valence-corrected chi connectivity index (χ0v) is 16.0. The maximum Gasteiger partial charge on any atom is -0.0351 e. The first-order valence-corrected chi connectivity index (χ1v) is 10.4. The number of allylic oxidation sites excluding steroid dienone is 2. The lowest BCUT2D eigenvalue weighted by atomic mass is 10.0. The number of rotatable bonds is 17. The van der Waals surface area contributed by atoms with Crippen molar-refractivity contribution in [2.24, 2.45) is 5.92 Å². The predicted molar refractivity (Wildman–Crippen MR) is 104 cm³/mol. The summed E-state index contributed by atoms with van der Waals surface area (Å²) in [4.78, 5) is 0. The maximum absolute atomic E-state index is 2.42. The summed E-state index contributed by atoms with van der Waals surface area (Å²) in [5, 5.41) is 0. The van der Waals surface area contributed by atoms with Crippen molar-refractivity contribution < 1.29 is 0 Å². The van der Waals surface area contributed by atoms with E-state index in [4.69, 9.17) is 0 Å². The second kappa shape index (κ2) is 18.8. The summed E-state index contributed by atoms with van der Waals surface area (Å²) >= 11 is 0. The minimum absolute atomic E-state index is 0.881. The molecule has 0 N–H and O–H groups in total. The molecule has 0 aliphatic rings. The molecule has 0 bridgehead atoms. The van der Waals surface area contributed by atoms with E-state index in [2.05, 4.69) is 32.9 Å². The molecule has 0 heterocycles. The fourth-order valence-corrected chi connectivity index (χ4v) is 2.98. The largest absolute Gasteiger partial charge is 0.0885 e. The van der Waals surface area contributed by atoms with Crippen molar-refractivity contribution in [2.75, 3.05) is 0 Å². The van der Waals surface area contributed by atoms with E-state index in [1.807, 2.05) is 0 Å². The van der Waals surface area contributed by atoms with Gasteiger partial charge in [-0.2, -0.15) is 0 Å². The lowest BCUT2D eigenvalue weighted by Gasteiger charge is -2.02. The molecule has 0 fully saturated rings. The summed E-state index contributed by atoms with van der Waals surface area (Å²) in [6.07, 6.45) is 27.5. The van der Waals surface area contributed by atoms with Gasteiger partial charge in [0.25, 0.3) is 0 Å². The fourth-order valence-electron chi connectivity index (χ4n) is 2.98. The standard InChI is InChI=1S/C22H44/c1-4-5-6-7-8-9-10-11-12-13-14-15-16-17-18-19-20-21-22(2)3/h15-16,22H,4-14,17-21H2,1-3H3/b16-15+. The lowest BCUT2D eigenvalue weighted by molar-refractivity contribution is 0.528. The molecule has 0 nitrogen and oxygen atoms in total. The minimum atomic E-state index is 0.881. The summed E-state index contributed by atoms with van der Waals surface area (Å²) in [7, 11) is 0. The highest BCUT2D eigenvalue weighted by atomic mass is 14.0. The molecule has 0 aliphatic heterocycles. The molecule has 0 aliphatic carbocycles. The monoisotopic (exact) mass is 308 g/mol. The third kappa shape index (κ3) is 19.7. The summed E-state index contributed by atoms with van der Waals surface area (Å²) in [5.74, 6) is 0.881. The topological polar surface area (TPSA) is 0 Å². The molecule has 0 saturated carbocycles. The second-order valence-electron chi connectivity index (χ2n) is 7.47. The number of hydrogen-bond acceptors (Lipinski definition) is 0. The van der Waals surface area contributed by atoms with Crippen LogP contribution in [-0.2, 0) is 0 Å². The van der Waals surface area contributed by atoms with Gasteiger partial charge in [0.15, 0.2) is 0 Å². The Morgan fingerprint density at radius 2 is 0.955 bits per heavy atom. The molecule has 0 saturated heterocycles. The fraction of sp³-hybridized carbons (Fsp3) is 0.909. The smallest absolute Gasteiger partial charge is 0.0351 e. The average Bonchev–Trinajstić information content (AvgIpc) is 2.50. The van der Waals surface area contributed by atoms with Crippen LogP contribution in [0, 0.1) is 5.92 Å². The van der Waals surface area contributed by atoms with Crippen LogP contribution in [0.15, 0.2) is 12.2 Å². The molecular weight excluding hydrogens is 264 g/mol. The van der Waals surface area contributed by atoms with Crippen molar-refractivity contribution in [1.29, 1.82) is 0 Å². The van der Waals surface area contributed by atoms with Gasteiger partial charge in [0, 0.05) is 0 Å². The Hall–Kier alpha value is -0.260. The van der Waals surface area contributed by atoms with Gasteiger partial charge in [0.05, 0.1) is 0 Å². The van der Waals surface area contributed by atoms with Crippen LogP contribution >= 0.6 is 0 Å². The summed E-state index contributed by atoms with van der Waals surface area (Å²) < 4.78 is 0. The van der Waals surface area contributed by atoms with Gasteiger partial charge in [-0.3, -0.25) is 0 Å². The van der Waals surface area contributed by atoms with Gasteiger partial charge in [-0.05, 0) is 31.6 Å². The Morgan fingerprint density at radius 1 is 0.545 bits per heavy atom. The van der Waals surface area contributed by atoms with E-state index in [0.29, 0.717) is 0 Å². The molecule has 0 aromatic carbocycles. The van der Waals surface area contributed by atoms with E-state index in [9.17, 15) is 0 Å². The Bertz CT molecular complexity index is 214. The highest BCUT2D eigenvalue weighted by Gasteiger charge is 1.93. The van der Waals surface area contributed by atoms with Crippen LogP contribution in [0.2, 0.25) is 0 Å². The molecule has 0 aromatic rings. The van der Waals surface area contributed by atoms with Gasteiger partial charge in [-0.25, -0.2) is 0 Å². The van der Waals surface area contributed by atoms with Crippen molar-refractivity contribution >= 4 is 0 Å². The Labute approximate surface area is 142 Å². The van der Waals surface area contributed by atoms with E-state index >= 15 is 0 Å². The van der Waals surface area contributed by atoms with Gasteiger partial charge >= 0.3 is 0 Å². The Morgan fingerprint density at radius 3 is 1.41 bits per heavy atom. The molecule has 0 aromatic heterocycles. The number of unbranched alkanes of at least 4 members (excludes halogenated alkanes) is 13. The molecule has 0 radical (unpaired) electrons. The predicted octanol–water partition coefficient (Wildman–Crippen LogP) is 8.46. The SMILES string of the molecule is CCCCCCCCCCCC/C=C/CCCCCC(C)C. The van der Waals surface area contributed by atoms with Crippen LogP contribution in [0.5, 0.6) is 0 Å². The van der Waals surface area contributed by atoms with E-state index in [1.54, 1.807) is 0 Å². The van der Waals surface area contributed by atoms with Gasteiger partial charge < -0.3 is 0 Å². The molecule has 22 heavy (non-hydrogen) atoms. The van der Waals surface area contributed by atoms with Crippen molar-refractivity contribution in [3.8, 4) is 0 Å². The van der Waals surface area contributed by atoms with E-state index < -0.39 is 0 Å². The van der Waals surface area contributed by atoms with E-state index in [0.717, 1.165) is 5.92 Å². The molecule has 0 spiro atoms. The van der Waals surface area contributed by atoms with Gasteiger partial charge in [-0.15, -0.1) is 0 Å². The Balaban J connectivity index is 3.05. The minimum Gasteiger partial charge on any atom is -0.0885 e. The maximum atomic E-state index is 2.42. The van der Waals surface area contributed by atoms with Crippen LogP contribution in [0.3, 0.4) is 0 Å². The zero-order chi connectivity index (χ0) is 16.3. The van der Waals surface area contributed by atoms with E-state index in [-0.39, 0.29) is 0 Å². The van der Waals surface area contributed by atoms with Crippen LogP contribution in [-0.4, -0.2) is 0 Å². The summed E-state index contributed by atoms with van der Waals surface area (Å²) in [6, 6.07) is 0.